The van der Waals surface area contributed by atoms with Crippen molar-refractivity contribution in [1.82, 2.24) is 4.98 Å². The number of aromatic nitrogens is 1. The van der Waals surface area contributed by atoms with Crippen LogP contribution >= 0.6 is 11.6 Å². The van der Waals surface area contributed by atoms with Crippen LogP contribution in [0.2, 0.25) is 5.15 Å². The fourth-order valence-electron chi connectivity index (χ4n) is 1.60. The van der Waals surface area contributed by atoms with Gasteiger partial charge in [0.25, 0.3) is 5.91 Å². The molecule has 1 amide bonds. The number of hydrogen-bond acceptors (Lipinski definition) is 3. The number of halogens is 3. The second kappa shape index (κ2) is 5.42. The van der Waals surface area contributed by atoms with Crippen LogP contribution in [-0.4, -0.2) is 10.9 Å². The summed E-state index contributed by atoms with van der Waals surface area (Å²) in [6, 6.07) is 3.12. The van der Waals surface area contributed by atoms with Crippen molar-refractivity contribution in [3.63, 3.8) is 0 Å². The van der Waals surface area contributed by atoms with E-state index >= 15 is 0 Å². The fraction of sp³-hybridized carbons (Fsp3) is 0.0769. The predicted molar refractivity (Wildman–Crippen MR) is 72.7 cm³/mol. The average molecular weight is 298 g/mol. The van der Waals surface area contributed by atoms with E-state index in [9.17, 15) is 13.6 Å². The highest BCUT2D eigenvalue weighted by molar-refractivity contribution is 6.32. The molecule has 0 unspecified atom stereocenters. The topological polar surface area (TPSA) is 68.0 Å². The molecule has 0 bridgehead atoms. The lowest BCUT2D eigenvalue weighted by Crippen LogP contribution is -2.16. The van der Waals surface area contributed by atoms with E-state index in [1.807, 2.05) is 0 Å². The molecule has 0 saturated heterocycles. The standard InChI is InChI=1S/C13H10ClF2N3O/c1-6-2-3-18-12(14)11(6)19-13(20)7-4-10(17)9(16)5-8(7)15/h2-5H,17H2,1H3,(H,19,20). The molecule has 0 aliphatic heterocycles. The predicted octanol–water partition coefficient (Wildman–Crippen LogP) is 3.16. The normalized spacial score (nSPS) is 10.4. The van der Waals surface area contributed by atoms with E-state index in [2.05, 4.69) is 10.3 Å². The lowest BCUT2D eigenvalue weighted by Gasteiger charge is -2.10. The maximum absolute atomic E-state index is 13.6. The van der Waals surface area contributed by atoms with E-state index in [1.54, 1.807) is 13.0 Å². The Balaban J connectivity index is 2.36. The van der Waals surface area contributed by atoms with Crippen LogP contribution in [0.1, 0.15) is 15.9 Å². The number of rotatable bonds is 2. The minimum atomic E-state index is -1.01. The molecular weight excluding hydrogens is 288 g/mol. The van der Waals surface area contributed by atoms with Crippen LogP contribution in [0.5, 0.6) is 0 Å². The van der Waals surface area contributed by atoms with Crippen molar-refractivity contribution < 1.29 is 13.6 Å². The molecule has 1 aromatic carbocycles. The maximum atomic E-state index is 13.6. The van der Waals surface area contributed by atoms with E-state index in [4.69, 9.17) is 17.3 Å². The first-order valence-electron chi connectivity index (χ1n) is 5.57. The van der Waals surface area contributed by atoms with Gasteiger partial charge in [-0.05, 0) is 24.6 Å². The Morgan fingerprint density at radius 1 is 1.35 bits per heavy atom. The van der Waals surface area contributed by atoms with Gasteiger partial charge in [0.15, 0.2) is 5.15 Å². The average Bonchev–Trinajstić information content (AvgIpc) is 2.38. The molecule has 0 spiro atoms. The summed E-state index contributed by atoms with van der Waals surface area (Å²) in [5.74, 6) is -2.71. The monoisotopic (exact) mass is 297 g/mol. The van der Waals surface area contributed by atoms with Gasteiger partial charge in [0.05, 0.1) is 16.9 Å². The van der Waals surface area contributed by atoms with Crippen LogP contribution in [0, 0.1) is 18.6 Å². The van der Waals surface area contributed by atoms with E-state index < -0.39 is 17.5 Å². The number of aryl methyl sites for hydroxylation is 1. The summed E-state index contributed by atoms with van der Waals surface area (Å²) in [6.45, 7) is 1.71. The molecule has 1 aromatic heterocycles. The van der Waals surface area contributed by atoms with Crippen molar-refractivity contribution in [2.45, 2.75) is 6.92 Å². The molecular formula is C13H10ClF2N3O. The Labute approximate surface area is 118 Å². The summed E-state index contributed by atoms with van der Waals surface area (Å²) in [5.41, 5.74) is 5.56. The Hall–Kier alpha value is -2.21. The van der Waals surface area contributed by atoms with Gasteiger partial charge in [-0.15, -0.1) is 0 Å². The van der Waals surface area contributed by atoms with Gasteiger partial charge in [-0.2, -0.15) is 0 Å². The van der Waals surface area contributed by atoms with Gasteiger partial charge in [-0.3, -0.25) is 4.79 Å². The van der Waals surface area contributed by atoms with Crippen molar-refractivity contribution in [2.24, 2.45) is 0 Å². The first-order valence-corrected chi connectivity index (χ1v) is 5.95. The van der Waals surface area contributed by atoms with Gasteiger partial charge in [0.2, 0.25) is 0 Å². The SMILES string of the molecule is Cc1ccnc(Cl)c1NC(=O)c1cc(N)c(F)cc1F. The first kappa shape index (κ1) is 14.2. The lowest BCUT2D eigenvalue weighted by atomic mass is 10.1. The molecule has 0 saturated carbocycles. The zero-order valence-electron chi connectivity index (χ0n) is 10.4. The Bertz CT molecular complexity index is 671. The number of carbonyl (C=O) groups excluding carboxylic acids is 1. The Morgan fingerprint density at radius 3 is 2.70 bits per heavy atom. The second-order valence-electron chi connectivity index (χ2n) is 4.10. The van der Waals surface area contributed by atoms with Crippen LogP contribution in [0.4, 0.5) is 20.2 Å². The van der Waals surface area contributed by atoms with Crippen LogP contribution in [0.3, 0.4) is 0 Å². The fourth-order valence-corrected chi connectivity index (χ4v) is 1.85. The quantitative estimate of drug-likeness (QED) is 0.661. The van der Waals surface area contributed by atoms with Crippen molar-refractivity contribution in [1.29, 1.82) is 0 Å². The highest BCUT2D eigenvalue weighted by Gasteiger charge is 2.17. The van der Waals surface area contributed by atoms with Gasteiger partial charge in [-0.25, -0.2) is 13.8 Å². The smallest absolute Gasteiger partial charge is 0.258 e. The van der Waals surface area contributed by atoms with Gasteiger partial charge in [0, 0.05) is 12.3 Å². The summed E-state index contributed by atoms with van der Waals surface area (Å²) in [5, 5.41) is 2.51. The third-order valence-corrected chi connectivity index (χ3v) is 2.97. The number of nitrogens with two attached hydrogens (primary N) is 1. The molecule has 2 aromatic rings. The third-order valence-electron chi connectivity index (χ3n) is 2.68. The van der Waals surface area contributed by atoms with Crippen LogP contribution in [-0.2, 0) is 0 Å². The number of anilines is 2. The minimum absolute atomic E-state index is 0.0776. The molecule has 3 N–H and O–H groups in total. The summed E-state index contributed by atoms with van der Waals surface area (Å²) < 4.78 is 26.6. The van der Waals surface area contributed by atoms with Crippen molar-refractivity contribution in [2.75, 3.05) is 11.1 Å². The summed E-state index contributed by atoms with van der Waals surface area (Å²) in [6.07, 6.45) is 1.48. The molecule has 0 radical (unpaired) electrons. The molecule has 2 rings (SSSR count). The molecule has 0 atom stereocenters. The molecule has 1 heterocycles. The zero-order chi connectivity index (χ0) is 14.9. The van der Waals surface area contributed by atoms with Gasteiger partial charge < -0.3 is 11.1 Å². The molecule has 0 aliphatic carbocycles. The zero-order valence-corrected chi connectivity index (χ0v) is 11.1. The molecule has 104 valence electrons. The summed E-state index contributed by atoms with van der Waals surface area (Å²) in [4.78, 5) is 15.8. The molecule has 7 heteroatoms. The lowest BCUT2D eigenvalue weighted by molar-refractivity contribution is 0.102. The maximum Gasteiger partial charge on any atom is 0.258 e. The van der Waals surface area contributed by atoms with E-state index in [-0.39, 0.29) is 22.1 Å². The molecule has 0 aliphatic rings. The van der Waals surface area contributed by atoms with E-state index in [0.717, 1.165) is 6.07 Å². The van der Waals surface area contributed by atoms with Gasteiger partial charge in [0.1, 0.15) is 11.6 Å². The molecule has 0 fully saturated rings. The number of nitrogens with zero attached hydrogens (tertiary/aromatic N) is 1. The Kier molecular flexibility index (Phi) is 3.85. The van der Waals surface area contributed by atoms with Crippen LogP contribution < -0.4 is 11.1 Å². The van der Waals surface area contributed by atoms with E-state index in [0.29, 0.717) is 11.6 Å². The van der Waals surface area contributed by atoms with Gasteiger partial charge >= 0.3 is 0 Å². The van der Waals surface area contributed by atoms with E-state index in [1.165, 1.54) is 6.20 Å². The van der Waals surface area contributed by atoms with Crippen molar-refractivity contribution in [3.8, 4) is 0 Å². The number of nitrogens with one attached hydrogen (secondary N) is 1. The number of benzene rings is 1. The van der Waals surface area contributed by atoms with Crippen molar-refractivity contribution in [3.05, 3.63) is 52.3 Å². The van der Waals surface area contributed by atoms with Crippen LogP contribution in [0.15, 0.2) is 24.4 Å². The van der Waals surface area contributed by atoms with Crippen LogP contribution in [0.25, 0.3) is 0 Å². The van der Waals surface area contributed by atoms with Crippen molar-refractivity contribution >= 4 is 28.9 Å². The number of hydrogen-bond donors (Lipinski definition) is 2. The molecule has 4 nitrogen and oxygen atoms in total. The number of nitrogen functional groups attached to an aromatic ring is 1. The minimum Gasteiger partial charge on any atom is -0.396 e. The number of carbonyl (C=O) groups is 1. The Morgan fingerprint density at radius 2 is 2.05 bits per heavy atom. The largest absolute Gasteiger partial charge is 0.396 e. The number of amides is 1. The number of pyridine rings is 1. The summed E-state index contributed by atoms with van der Waals surface area (Å²) in [7, 11) is 0. The summed E-state index contributed by atoms with van der Waals surface area (Å²) >= 11 is 5.85. The first-order chi connectivity index (χ1) is 9.40. The molecule has 20 heavy (non-hydrogen) atoms. The second-order valence-corrected chi connectivity index (χ2v) is 4.46. The highest BCUT2D eigenvalue weighted by atomic mass is 35.5. The third kappa shape index (κ3) is 2.70. The van der Waals surface area contributed by atoms with Gasteiger partial charge in [-0.1, -0.05) is 11.6 Å². The highest BCUT2D eigenvalue weighted by Crippen LogP contribution is 2.24.